The van der Waals surface area contributed by atoms with Crippen LogP contribution >= 0.6 is 15.9 Å². The van der Waals surface area contributed by atoms with Crippen LogP contribution in [-0.2, 0) is 4.74 Å². The quantitative estimate of drug-likeness (QED) is 0.733. The molecular weight excluding hydrogens is 240 g/mol. The molecule has 1 fully saturated rings. The van der Waals surface area contributed by atoms with E-state index in [-0.39, 0.29) is 0 Å². The molecule has 0 saturated carbocycles. The van der Waals surface area contributed by atoms with Crippen LogP contribution in [0.4, 0.5) is 0 Å². The summed E-state index contributed by atoms with van der Waals surface area (Å²) in [6.07, 6.45) is 2.72. The van der Waals surface area contributed by atoms with Crippen LogP contribution in [0.2, 0.25) is 0 Å². The van der Waals surface area contributed by atoms with Crippen LogP contribution in [0.1, 0.15) is 28.8 Å². The average Bonchev–Trinajstić information content (AvgIpc) is 2.69. The smallest absolute Gasteiger partial charge is 0.0741 e. The molecule has 1 aromatic rings. The first-order valence-corrected chi connectivity index (χ1v) is 6.01. The van der Waals surface area contributed by atoms with E-state index in [1.165, 1.54) is 24.0 Å². The van der Waals surface area contributed by atoms with Crippen molar-refractivity contribution in [3.05, 3.63) is 35.4 Å². The third kappa shape index (κ3) is 2.18. The Morgan fingerprint density at radius 2 is 2.36 bits per heavy atom. The molecule has 1 nitrogen and oxygen atoms in total. The number of rotatable bonds is 2. The lowest BCUT2D eigenvalue weighted by atomic mass is 10.0. The molecular formula is C12H15BrO. The van der Waals surface area contributed by atoms with Gasteiger partial charge in [0.1, 0.15) is 0 Å². The minimum atomic E-state index is 0.352. The van der Waals surface area contributed by atoms with Crippen molar-refractivity contribution in [2.45, 2.75) is 30.7 Å². The van der Waals surface area contributed by atoms with Crippen molar-refractivity contribution in [2.75, 3.05) is 6.61 Å². The summed E-state index contributed by atoms with van der Waals surface area (Å²) in [5.41, 5.74) is 2.64. The van der Waals surface area contributed by atoms with Gasteiger partial charge in [-0.25, -0.2) is 0 Å². The van der Waals surface area contributed by atoms with Crippen molar-refractivity contribution in [3.8, 4) is 0 Å². The van der Waals surface area contributed by atoms with E-state index in [0.717, 1.165) is 6.61 Å². The molecule has 0 aliphatic carbocycles. The molecule has 2 atom stereocenters. The van der Waals surface area contributed by atoms with Crippen molar-refractivity contribution in [1.82, 2.24) is 0 Å². The Hall–Kier alpha value is -0.340. The summed E-state index contributed by atoms with van der Waals surface area (Å²) in [4.78, 5) is 0.352. The molecule has 0 bridgehead atoms. The minimum Gasteiger partial charge on any atom is -0.377 e. The maximum Gasteiger partial charge on any atom is 0.0741 e. The maximum atomic E-state index is 5.66. The van der Waals surface area contributed by atoms with Crippen LogP contribution in [0.15, 0.2) is 24.3 Å². The van der Waals surface area contributed by atoms with Crippen LogP contribution < -0.4 is 0 Å². The van der Waals surface area contributed by atoms with Gasteiger partial charge in [0.05, 0.1) is 10.9 Å². The zero-order valence-electron chi connectivity index (χ0n) is 8.37. The Morgan fingerprint density at radius 3 is 3.00 bits per heavy atom. The fraction of sp³-hybridized carbons (Fsp3) is 0.500. The number of alkyl halides is 1. The second kappa shape index (κ2) is 4.45. The second-order valence-electron chi connectivity index (χ2n) is 3.87. The second-order valence-corrected chi connectivity index (χ2v) is 4.85. The molecule has 0 aromatic heterocycles. The molecule has 0 spiro atoms. The van der Waals surface area contributed by atoms with Crippen LogP contribution in [0, 0.1) is 6.92 Å². The Morgan fingerprint density at radius 1 is 1.50 bits per heavy atom. The van der Waals surface area contributed by atoms with E-state index < -0.39 is 0 Å². The monoisotopic (exact) mass is 254 g/mol. The average molecular weight is 255 g/mol. The number of halogens is 1. The molecule has 1 saturated heterocycles. The van der Waals surface area contributed by atoms with E-state index in [2.05, 4.69) is 47.1 Å². The molecule has 1 heterocycles. The highest BCUT2D eigenvalue weighted by Crippen LogP contribution is 2.33. The highest BCUT2D eigenvalue weighted by atomic mass is 79.9. The largest absolute Gasteiger partial charge is 0.377 e. The first-order valence-electron chi connectivity index (χ1n) is 5.09. The minimum absolute atomic E-state index is 0.352. The van der Waals surface area contributed by atoms with Crippen molar-refractivity contribution >= 4 is 15.9 Å². The summed E-state index contributed by atoms with van der Waals surface area (Å²) in [6.45, 7) is 3.04. The lowest BCUT2D eigenvalue weighted by Gasteiger charge is -2.17. The molecule has 1 aromatic carbocycles. The summed E-state index contributed by atoms with van der Waals surface area (Å²) in [5.74, 6) is 0. The zero-order valence-corrected chi connectivity index (χ0v) is 9.96. The van der Waals surface area contributed by atoms with E-state index in [1.54, 1.807) is 0 Å². The molecule has 0 N–H and O–H groups in total. The highest BCUT2D eigenvalue weighted by molar-refractivity contribution is 9.09. The van der Waals surface area contributed by atoms with Crippen LogP contribution in [0.5, 0.6) is 0 Å². The summed E-state index contributed by atoms with van der Waals surface area (Å²) >= 11 is 3.72. The third-order valence-electron chi connectivity index (χ3n) is 2.65. The molecule has 2 heteroatoms. The predicted molar refractivity (Wildman–Crippen MR) is 61.8 cm³/mol. The molecule has 2 rings (SSSR count). The molecule has 0 unspecified atom stereocenters. The Balaban J connectivity index is 2.13. The van der Waals surface area contributed by atoms with Gasteiger partial charge in [0.25, 0.3) is 0 Å². The number of hydrogen-bond acceptors (Lipinski definition) is 1. The standard InChI is InChI=1S/C12H15BrO/c1-9-4-2-5-10(8-9)12(13)11-6-3-7-14-11/h2,4-5,8,11-12H,3,6-7H2,1H3/t11-,12-/m1/s1. The van der Waals surface area contributed by atoms with Gasteiger partial charge in [-0.1, -0.05) is 45.8 Å². The highest BCUT2D eigenvalue weighted by Gasteiger charge is 2.24. The van der Waals surface area contributed by atoms with Gasteiger partial charge in [-0.3, -0.25) is 0 Å². The van der Waals surface area contributed by atoms with Gasteiger partial charge >= 0.3 is 0 Å². The lowest BCUT2D eigenvalue weighted by Crippen LogP contribution is -2.12. The van der Waals surface area contributed by atoms with Crippen LogP contribution in [-0.4, -0.2) is 12.7 Å². The number of hydrogen-bond donors (Lipinski definition) is 0. The van der Waals surface area contributed by atoms with Crippen molar-refractivity contribution in [3.63, 3.8) is 0 Å². The number of ether oxygens (including phenoxy) is 1. The van der Waals surface area contributed by atoms with Gasteiger partial charge in [-0.15, -0.1) is 0 Å². The molecule has 14 heavy (non-hydrogen) atoms. The first kappa shape index (κ1) is 10.2. The fourth-order valence-corrected chi connectivity index (χ4v) is 2.59. The third-order valence-corrected chi connectivity index (χ3v) is 3.77. The molecule has 1 aliphatic heterocycles. The van der Waals surface area contributed by atoms with Gasteiger partial charge in [-0.2, -0.15) is 0 Å². The van der Waals surface area contributed by atoms with Gasteiger partial charge in [0, 0.05) is 6.61 Å². The SMILES string of the molecule is Cc1cccc([C@@H](Br)[C@H]2CCCO2)c1. The predicted octanol–water partition coefficient (Wildman–Crippen LogP) is 3.61. The number of benzene rings is 1. The van der Waals surface area contributed by atoms with E-state index in [0.29, 0.717) is 10.9 Å². The Bertz CT molecular complexity index is 305. The van der Waals surface area contributed by atoms with E-state index in [4.69, 9.17) is 4.74 Å². The molecule has 1 aliphatic rings. The van der Waals surface area contributed by atoms with Gasteiger partial charge in [0.15, 0.2) is 0 Å². The summed E-state index contributed by atoms with van der Waals surface area (Å²) in [5, 5.41) is 0. The first-order chi connectivity index (χ1) is 6.77. The normalized spacial score (nSPS) is 23.7. The van der Waals surface area contributed by atoms with Crippen LogP contribution in [0.3, 0.4) is 0 Å². The summed E-state index contributed by atoms with van der Waals surface area (Å²) < 4.78 is 5.66. The van der Waals surface area contributed by atoms with E-state index in [1.807, 2.05) is 0 Å². The number of aryl methyl sites for hydroxylation is 1. The van der Waals surface area contributed by atoms with Crippen molar-refractivity contribution in [1.29, 1.82) is 0 Å². The summed E-state index contributed by atoms with van der Waals surface area (Å²) in [6, 6.07) is 8.61. The van der Waals surface area contributed by atoms with E-state index >= 15 is 0 Å². The molecule has 76 valence electrons. The molecule has 0 amide bonds. The van der Waals surface area contributed by atoms with Gasteiger partial charge < -0.3 is 4.74 Å². The Labute approximate surface area is 93.6 Å². The van der Waals surface area contributed by atoms with Crippen molar-refractivity contribution in [2.24, 2.45) is 0 Å². The van der Waals surface area contributed by atoms with Crippen molar-refractivity contribution < 1.29 is 4.74 Å². The summed E-state index contributed by atoms with van der Waals surface area (Å²) in [7, 11) is 0. The van der Waals surface area contributed by atoms with Gasteiger partial charge in [-0.05, 0) is 25.3 Å². The van der Waals surface area contributed by atoms with E-state index in [9.17, 15) is 0 Å². The fourth-order valence-electron chi connectivity index (χ4n) is 1.89. The van der Waals surface area contributed by atoms with Crippen LogP contribution in [0.25, 0.3) is 0 Å². The lowest BCUT2D eigenvalue weighted by molar-refractivity contribution is 0.110. The Kier molecular flexibility index (Phi) is 3.24. The molecule has 0 radical (unpaired) electrons. The zero-order chi connectivity index (χ0) is 9.97. The maximum absolute atomic E-state index is 5.66. The van der Waals surface area contributed by atoms with Gasteiger partial charge in [0.2, 0.25) is 0 Å². The topological polar surface area (TPSA) is 9.23 Å².